The number of rotatable bonds is 5. The third-order valence-corrected chi connectivity index (χ3v) is 2.87. The second-order valence-corrected chi connectivity index (χ2v) is 4.64. The number of alkyl halides is 1. The quantitative estimate of drug-likeness (QED) is 0.521. The fraction of sp³-hybridized carbons (Fsp3) is 1.00. The SMILES string of the molecule is CC1CN(CCCCCCl)CC(C)O1. The Kier molecular flexibility index (Phi) is 5.83. The van der Waals surface area contributed by atoms with Gasteiger partial charge in [-0.1, -0.05) is 6.42 Å². The molecule has 1 rings (SSSR count). The van der Waals surface area contributed by atoms with Gasteiger partial charge in [0.05, 0.1) is 12.2 Å². The predicted octanol–water partition coefficient (Wildman–Crippen LogP) is 2.50. The largest absolute Gasteiger partial charge is 0.373 e. The first-order valence-corrected chi connectivity index (χ1v) is 6.19. The van der Waals surface area contributed by atoms with Crippen LogP contribution in [-0.4, -0.2) is 42.6 Å². The standard InChI is InChI=1S/C11H22ClNO/c1-10-8-13(9-11(2)14-10)7-5-3-4-6-12/h10-11H,3-9H2,1-2H3. The minimum absolute atomic E-state index is 0.395. The zero-order valence-electron chi connectivity index (χ0n) is 9.34. The summed E-state index contributed by atoms with van der Waals surface area (Å²) in [5, 5.41) is 0. The van der Waals surface area contributed by atoms with Gasteiger partial charge in [-0.3, -0.25) is 4.90 Å². The van der Waals surface area contributed by atoms with Crippen molar-refractivity contribution in [3.63, 3.8) is 0 Å². The van der Waals surface area contributed by atoms with Crippen molar-refractivity contribution in [2.45, 2.75) is 45.3 Å². The molecule has 0 saturated carbocycles. The molecule has 0 N–H and O–H groups in total. The van der Waals surface area contributed by atoms with E-state index >= 15 is 0 Å². The van der Waals surface area contributed by atoms with Crippen molar-refractivity contribution in [1.29, 1.82) is 0 Å². The summed E-state index contributed by atoms with van der Waals surface area (Å²) in [6, 6.07) is 0. The van der Waals surface area contributed by atoms with Gasteiger partial charge in [-0.2, -0.15) is 0 Å². The molecule has 0 amide bonds. The van der Waals surface area contributed by atoms with Crippen molar-refractivity contribution < 1.29 is 4.74 Å². The van der Waals surface area contributed by atoms with Gasteiger partial charge >= 0.3 is 0 Å². The highest BCUT2D eigenvalue weighted by atomic mass is 35.5. The van der Waals surface area contributed by atoms with Crippen LogP contribution in [0.5, 0.6) is 0 Å². The molecule has 14 heavy (non-hydrogen) atoms. The fourth-order valence-electron chi connectivity index (χ4n) is 2.07. The second kappa shape index (κ2) is 6.65. The highest BCUT2D eigenvalue weighted by Gasteiger charge is 2.21. The van der Waals surface area contributed by atoms with E-state index in [9.17, 15) is 0 Å². The van der Waals surface area contributed by atoms with Crippen molar-refractivity contribution in [2.24, 2.45) is 0 Å². The molecular weight excluding hydrogens is 198 g/mol. The van der Waals surface area contributed by atoms with Crippen LogP contribution in [0.3, 0.4) is 0 Å². The molecule has 0 radical (unpaired) electrons. The Morgan fingerprint density at radius 2 is 1.79 bits per heavy atom. The van der Waals surface area contributed by atoms with Crippen molar-refractivity contribution in [1.82, 2.24) is 4.90 Å². The molecule has 0 aromatic rings. The maximum absolute atomic E-state index is 5.68. The van der Waals surface area contributed by atoms with Gasteiger partial charge in [-0.15, -0.1) is 11.6 Å². The Hall–Kier alpha value is 0.210. The first kappa shape index (κ1) is 12.3. The molecule has 1 heterocycles. The lowest BCUT2D eigenvalue weighted by molar-refractivity contribution is -0.0681. The van der Waals surface area contributed by atoms with Gasteiger partial charge in [0, 0.05) is 19.0 Å². The second-order valence-electron chi connectivity index (χ2n) is 4.27. The zero-order chi connectivity index (χ0) is 10.4. The van der Waals surface area contributed by atoms with Gasteiger partial charge in [-0.05, 0) is 33.2 Å². The van der Waals surface area contributed by atoms with E-state index in [1.54, 1.807) is 0 Å². The number of ether oxygens (including phenoxy) is 1. The summed E-state index contributed by atoms with van der Waals surface area (Å²) in [5.74, 6) is 0.802. The van der Waals surface area contributed by atoms with E-state index in [1.807, 2.05) is 0 Å². The number of halogens is 1. The van der Waals surface area contributed by atoms with Crippen molar-refractivity contribution >= 4 is 11.6 Å². The van der Waals surface area contributed by atoms with Crippen LogP contribution < -0.4 is 0 Å². The number of nitrogens with zero attached hydrogens (tertiary/aromatic N) is 1. The van der Waals surface area contributed by atoms with E-state index in [-0.39, 0.29) is 0 Å². The van der Waals surface area contributed by atoms with Gasteiger partial charge in [-0.25, -0.2) is 0 Å². The lowest BCUT2D eigenvalue weighted by atomic mass is 10.2. The van der Waals surface area contributed by atoms with Gasteiger partial charge < -0.3 is 4.74 Å². The molecule has 0 spiro atoms. The molecule has 0 aromatic heterocycles. The van der Waals surface area contributed by atoms with Crippen LogP contribution in [0.15, 0.2) is 0 Å². The Balaban J connectivity index is 2.10. The van der Waals surface area contributed by atoms with Crippen molar-refractivity contribution in [2.75, 3.05) is 25.5 Å². The van der Waals surface area contributed by atoms with Crippen LogP contribution in [0.2, 0.25) is 0 Å². The van der Waals surface area contributed by atoms with E-state index in [0.29, 0.717) is 12.2 Å². The summed E-state index contributed by atoms with van der Waals surface area (Å²) in [6.45, 7) is 7.69. The van der Waals surface area contributed by atoms with Crippen LogP contribution >= 0.6 is 11.6 Å². The van der Waals surface area contributed by atoms with Gasteiger partial charge in [0.2, 0.25) is 0 Å². The third kappa shape index (κ3) is 4.63. The first-order valence-electron chi connectivity index (χ1n) is 5.66. The fourth-order valence-corrected chi connectivity index (χ4v) is 2.26. The minimum Gasteiger partial charge on any atom is -0.373 e. The monoisotopic (exact) mass is 219 g/mol. The van der Waals surface area contributed by atoms with Gasteiger partial charge in [0.25, 0.3) is 0 Å². The molecule has 1 aliphatic heterocycles. The highest BCUT2D eigenvalue weighted by molar-refractivity contribution is 6.17. The molecule has 2 unspecified atom stereocenters. The van der Waals surface area contributed by atoms with E-state index in [1.165, 1.54) is 19.4 Å². The van der Waals surface area contributed by atoms with Crippen LogP contribution in [0, 0.1) is 0 Å². The highest BCUT2D eigenvalue weighted by Crippen LogP contribution is 2.11. The molecule has 0 aliphatic carbocycles. The average molecular weight is 220 g/mol. The van der Waals surface area contributed by atoms with Crippen LogP contribution in [0.4, 0.5) is 0 Å². The Morgan fingerprint density at radius 3 is 2.36 bits per heavy atom. The van der Waals surface area contributed by atoms with E-state index in [0.717, 1.165) is 25.4 Å². The first-order chi connectivity index (χ1) is 6.72. The Bertz CT molecular complexity index is 144. The van der Waals surface area contributed by atoms with E-state index in [4.69, 9.17) is 16.3 Å². The lowest BCUT2D eigenvalue weighted by Crippen LogP contribution is -2.45. The lowest BCUT2D eigenvalue weighted by Gasteiger charge is -2.35. The van der Waals surface area contributed by atoms with Crippen LogP contribution in [0.1, 0.15) is 33.1 Å². The summed E-state index contributed by atoms with van der Waals surface area (Å²) < 4.78 is 5.68. The van der Waals surface area contributed by atoms with Crippen molar-refractivity contribution in [3.05, 3.63) is 0 Å². The molecular formula is C11H22ClNO. The summed E-state index contributed by atoms with van der Waals surface area (Å²) >= 11 is 5.64. The maximum Gasteiger partial charge on any atom is 0.0678 e. The summed E-state index contributed by atoms with van der Waals surface area (Å²) in [5.41, 5.74) is 0. The number of hydrogen-bond donors (Lipinski definition) is 0. The summed E-state index contributed by atoms with van der Waals surface area (Å²) in [6.07, 6.45) is 4.46. The molecule has 1 fully saturated rings. The molecule has 0 aromatic carbocycles. The summed E-state index contributed by atoms with van der Waals surface area (Å²) in [4.78, 5) is 2.51. The van der Waals surface area contributed by atoms with E-state index in [2.05, 4.69) is 18.7 Å². The Morgan fingerprint density at radius 1 is 1.14 bits per heavy atom. The molecule has 2 nitrogen and oxygen atoms in total. The minimum atomic E-state index is 0.395. The average Bonchev–Trinajstić information content (AvgIpc) is 2.11. The number of hydrogen-bond acceptors (Lipinski definition) is 2. The molecule has 1 aliphatic rings. The molecule has 1 saturated heterocycles. The van der Waals surface area contributed by atoms with Crippen LogP contribution in [0.25, 0.3) is 0 Å². The zero-order valence-corrected chi connectivity index (χ0v) is 10.1. The number of unbranched alkanes of at least 4 members (excludes halogenated alkanes) is 2. The summed E-state index contributed by atoms with van der Waals surface area (Å²) in [7, 11) is 0. The molecule has 0 bridgehead atoms. The van der Waals surface area contributed by atoms with Crippen molar-refractivity contribution in [3.8, 4) is 0 Å². The van der Waals surface area contributed by atoms with Crippen LogP contribution in [-0.2, 0) is 4.74 Å². The third-order valence-electron chi connectivity index (χ3n) is 2.60. The topological polar surface area (TPSA) is 12.5 Å². The molecule has 84 valence electrons. The maximum atomic E-state index is 5.68. The normalized spacial score (nSPS) is 29.4. The predicted molar refractivity (Wildman–Crippen MR) is 61.0 cm³/mol. The molecule has 3 heteroatoms. The molecule has 2 atom stereocenters. The Labute approximate surface area is 92.6 Å². The van der Waals surface area contributed by atoms with Gasteiger partial charge in [0.15, 0.2) is 0 Å². The number of morpholine rings is 1. The van der Waals surface area contributed by atoms with E-state index < -0.39 is 0 Å². The van der Waals surface area contributed by atoms with Gasteiger partial charge in [0.1, 0.15) is 0 Å². The smallest absolute Gasteiger partial charge is 0.0678 e.